The lowest BCUT2D eigenvalue weighted by molar-refractivity contribution is -0.132. The van der Waals surface area contributed by atoms with Crippen molar-refractivity contribution in [2.24, 2.45) is 7.05 Å². The first-order valence-corrected chi connectivity index (χ1v) is 8.98. The van der Waals surface area contributed by atoms with Gasteiger partial charge in [0.1, 0.15) is 6.54 Å². The number of aryl methyl sites for hydroxylation is 1. The predicted octanol–water partition coefficient (Wildman–Crippen LogP) is 1.53. The van der Waals surface area contributed by atoms with Gasteiger partial charge in [-0.05, 0) is 19.1 Å². The quantitative estimate of drug-likeness (QED) is 0.653. The largest absolute Gasteiger partial charge is 0.461 e. The standard InChI is InChI=1S/C19H21N5O3/c1-3-27-19(26)18-13-10-23(9-8-15(13)22(2)21-18)17(25)11-24-12-20-14-6-4-5-7-16(14)24/h4-7,12H,3,8-11H2,1-2H3. The van der Waals surface area contributed by atoms with Gasteiger partial charge in [0.15, 0.2) is 5.69 Å². The molecule has 0 fully saturated rings. The molecule has 0 unspecified atom stereocenters. The van der Waals surface area contributed by atoms with Gasteiger partial charge in [-0.1, -0.05) is 12.1 Å². The van der Waals surface area contributed by atoms with Gasteiger partial charge in [0, 0.05) is 37.8 Å². The summed E-state index contributed by atoms with van der Waals surface area (Å²) in [5, 5.41) is 4.31. The number of amides is 1. The summed E-state index contributed by atoms with van der Waals surface area (Å²) < 4.78 is 8.67. The number of ether oxygens (including phenoxy) is 1. The molecule has 3 aromatic rings. The zero-order valence-corrected chi connectivity index (χ0v) is 15.4. The number of fused-ring (bicyclic) bond motifs is 2. The molecule has 0 aliphatic carbocycles. The molecule has 0 saturated carbocycles. The minimum Gasteiger partial charge on any atom is -0.461 e. The van der Waals surface area contributed by atoms with E-state index in [0.29, 0.717) is 31.8 Å². The zero-order valence-electron chi connectivity index (χ0n) is 15.4. The van der Waals surface area contributed by atoms with Crippen molar-refractivity contribution in [2.75, 3.05) is 13.2 Å². The van der Waals surface area contributed by atoms with Crippen LogP contribution in [0.2, 0.25) is 0 Å². The second kappa shape index (κ2) is 6.86. The molecule has 3 heterocycles. The van der Waals surface area contributed by atoms with Gasteiger partial charge in [-0.2, -0.15) is 5.10 Å². The molecule has 140 valence electrons. The van der Waals surface area contributed by atoms with Gasteiger partial charge in [0.05, 0.1) is 24.0 Å². The summed E-state index contributed by atoms with van der Waals surface area (Å²) in [5.41, 5.74) is 3.86. The lowest BCUT2D eigenvalue weighted by Crippen LogP contribution is -2.38. The maximum absolute atomic E-state index is 12.9. The monoisotopic (exact) mass is 367 g/mol. The number of rotatable bonds is 4. The molecular formula is C19H21N5O3. The van der Waals surface area contributed by atoms with E-state index in [4.69, 9.17) is 4.74 Å². The van der Waals surface area contributed by atoms with Crippen LogP contribution in [0.5, 0.6) is 0 Å². The molecule has 27 heavy (non-hydrogen) atoms. The van der Waals surface area contributed by atoms with Crippen LogP contribution in [-0.2, 0) is 36.1 Å². The normalized spacial score (nSPS) is 13.6. The summed E-state index contributed by atoms with van der Waals surface area (Å²) in [7, 11) is 1.82. The van der Waals surface area contributed by atoms with Gasteiger partial charge in [-0.3, -0.25) is 9.48 Å². The van der Waals surface area contributed by atoms with Crippen molar-refractivity contribution in [1.29, 1.82) is 0 Å². The lowest BCUT2D eigenvalue weighted by atomic mass is 10.0. The van der Waals surface area contributed by atoms with Crippen molar-refractivity contribution < 1.29 is 14.3 Å². The Morgan fingerprint density at radius 1 is 1.26 bits per heavy atom. The molecule has 0 saturated heterocycles. The molecule has 1 aliphatic heterocycles. The average molecular weight is 367 g/mol. The van der Waals surface area contributed by atoms with E-state index in [1.54, 1.807) is 22.8 Å². The molecule has 0 bridgehead atoms. The van der Waals surface area contributed by atoms with Crippen molar-refractivity contribution >= 4 is 22.9 Å². The van der Waals surface area contributed by atoms with Crippen LogP contribution in [-0.4, -0.2) is 49.3 Å². The maximum Gasteiger partial charge on any atom is 0.359 e. The molecule has 1 aromatic carbocycles. The van der Waals surface area contributed by atoms with Crippen molar-refractivity contribution in [3.63, 3.8) is 0 Å². The molecule has 0 spiro atoms. The Kier molecular flexibility index (Phi) is 4.39. The van der Waals surface area contributed by atoms with Crippen molar-refractivity contribution in [3.8, 4) is 0 Å². The molecular weight excluding hydrogens is 346 g/mol. The van der Waals surface area contributed by atoms with E-state index in [0.717, 1.165) is 22.3 Å². The molecule has 4 rings (SSSR count). The van der Waals surface area contributed by atoms with E-state index in [9.17, 15) is 9.59 Å². The maximum atomic E-state index is 12.9. The van der Waals surface area contributed by atoms with Crippen LogP contribution >= 0.6 is 0 Å². The highest BCUT2D eigenvalue weighted by Gasteiger charge is 2.30. The summed E-state index contributed by atoms with van der Waals surface area (Å²) >= 11 is 0. The van der Waals surface area contributed by atoms with Gasteiger partial charge >= 0.3 is 5.97 Å². The van der Waals surface area contributed by atoms with Crippen molar-refractivity contribution in [3.05, 3.63) is 47.5 Å². The Morgan fingerprint density at radius 3 is 2.89 bits per heavy atom. The third-order valence-corrected chi connectivity index (χ3v) is 4.90. The zero-order chi connectivity index (χ0) is 19.0. The summed E-state index contributed by atoms with van der Waals surface area (Å²) in [6.45, 7) is 3.23. The number of hydrogen-bond donors (Lipinski definition) is 0. The molecule has 0 N–H and O–H groups in total. The van der Waals surface area contributed by atoms with E-state index in [1.807, 2.05) is 35.9 Å². The van der Waals surface area contributed by atoms with E-state index in [1.165, 1.54) is 0 Å². The second-order valence-electron chi connectivity index (χ2n) is 6.54. The smallest absolute Gasteiger partial charge is 0.359 e. The van der Waals surface area contributed by atoms with Crippen LogP contribution in [0.3, 0.4) is 0 Å². The number of para-hydroxylation sites is 2. The van der Waals surface area contributed by atoms with E-state index >= 15 is 0 Å². The van der Waals surface area contributed by atoms with Crippen molar-refractivity contribution in [1.82, 2.24) is 24.2 Å². The van der Waals surface area contributed by atoms with Gasteiger partial charge in [0.2, 0.25) is 5.91 Å². The highest BCUT2D eigenvalue weighted by molar-refractivity contribution is 5.89. The summed E-state index contributed by atoms with van der Waals surface area (Å²) in [5.74, 6) is -0.452. The van der Waals surface area contributed by atoms with Gasteiger partial charge < -0.3 is 14.2 Å². The highest BCUT2D eigenvalue weighted by Crippen LogP contribution is 2.23. The molecule has 1 amide bonds. The van der Waals surface area contributed by atoms with Crippen molar-refractivity contribution in [2.45, 2.75) is 26.4 Å². The Bertz CT molecular complexity index is 1020. The SMILES string of the molecule is CCOC(=O)c1nn(C)c2c1CN(C(=O)Cn1cnc3ccccc31)CC2. The highest BCUT2D eigenvalue weighted by atomic mass is 16.5. The minimum atomic E-state index is -0.441. The van der Waals surface area contributed by atoms with Crippen LogP contribution in [0.15, 0.2) is 30.6 Å². The Labute approximate surface area is 156 Å². The number of imidazole rings is 1. The molecule has 8 nitrogen and oxygen atoms in total. The van der Waals surface area contributed by atoms with Gasteiger partial charge in [-0.15, -0.1) is 0 Å². The number of aromatic nitrogens is 4. The Balaban J connectivity index is 1.55. The molecule has 2 aromatic heterocycles. The third-order valence-electron chi connectivity index (χ3n) is 4.90. The number of nitrogens with zero attached hydrogens (tertiary/aromatic N) is 5. The third kappa shape index (κ3) is 3.07. The molecule has 8 heteroatoms. The minimum absolute atomic E-state index is 0.0116. The molecule has 1 aliphatic rings. The Hall–Kier alpha value is -3.16. The van der Waals surface area contributed by atoms with Crippen LogP contribution in [0, 0.1) is 0 Å². The number of hydrogen-bond acceptors (Lipinski definition) is 5. The molecule has 0 radical (unpaired) electrons. The fraction of sp³-hybridized carbons (Fsp3) is 0.368. The van der Waals surface area contributed by atoms with E-state index in [2.05, 4.69) is 10.1 Å². The number of carbonyl (C=O) groups is 2. The first kappa shape index (κ1) is 17.3. The van der Waals surface area contributed by atoms with E-state index < -0.39 is 5.97 Å². The number of carbonyl (C=O) groups excluding carboxylic acids is 2. The summed E-state index contributed by atoms with van der Waals surface area (Å²) in [6, 6.07) is 7.72. The fourth-order valence-corrected chi connectivity index (χ4v) is 3.55. The first-order chi connectivity index (χ1) is 13.1. The van der Waals surface area contributed by atoms with Gasteiger partial charge in [-0.25, -0.2) is 9.78 Å². The number of esters is 1. The lowest BCUT2D eigenvalue weighted by Gasteiger charge is -2.27. The van der Waals surface area contributed by atoms with Crippen LogP contribution in [0.25, 0.3) is 11.0 Å². The van der Waals surface area contributed by atoms with Gasteiger partial charge in [0.25, 0.3) is 0 Å². The number of benzene rings is 1. The first-order valence-electron chi connectivity index (χ1n) is 8.98. The van der Waals surface area contributed by atoms with Crippen LogP contribution in [0.4, 0.5) is 0 Å². The second-order valence-corrected chi connectivity index (χ2v) is 6.54. The average Bonchev–Trinajstić information content (AvgIpc) is 3.23. The van der Waals surface area contributed by atoms with Crippen LogP contribution < -0.4 is 0 Å². The predicted molar refractivity (Wildman–Crippen MR) is 98.0 cm³/mol. The van der Waals surface area contributed by atoms with E-state index in [-0.39, 0.29) is 12.5 Å². The molecule has 0 atom stereocenters. The van der Waals surface area contributed by atoms with Crippen LogP contribution in [0.1, 0.15) is 28.7 Å². The summed E-state index contributed by atoms with van der Waals surface area (Å²) in [6.07, 6.45) is 2.35. The summed E-state index contributed by atoms with van der Waals surface area (Å²) in [4.78, 5) is 31.2. The topological polar surface area (TPSA) is 82.3 Å². The fourth-order valence-electron chi connectivity index (χ4n) is 3.55. The Morgan fingerprint density at radius 2 is 2.07 bits per heavy atom.